The minimum Gasteiger partial charge on any atom is -0.301 e. The molecule has 2 heterocycles. The first-order valence-electron chi connectivity index (χ1n) is 8.18. The predicted molar refractivity (Wildman–Crippen MR) is 104 cm³/mol. The van der Waals surface area contributed by atoms with Crippen molar-refractivity contribution in [2.75, 3.05) is 20.4 Å². The van der Waals surface area contributed by atoms with Crippen LogP contribution in [0.1, 0.15) is 24.4 Å². The molecule has 0 aliphatic heterocycles. The lowest BCUT2D eigenvalue weighted by molar-refractivity contribution is 0.310. The van der Waals surface area contributed by atoms with E-state index in [2.05, 4.69) is 21.9 Å². The van der Waals surface area contributed by atoms with E-state index in [1.807, 2.05) is 33.3 Å². The summed E-state index contributed by atoms with van der Waals surface area (Å²) in [6, 6.07) is 10.4. The number of nitrogens with zero attached hydrogens (tertiary/aromatic N) is 4. The highest BCUT2D eigenvalue weighted by atomic mass is 32.2. The van der Waals surface area contributed by atoms with E-state index in [4.69, 9.17) is 0 Å². The first kappa shape index (κ1) is 18.9. The molecule has 0 amide bonds. The number of aryl methyl sites for hydroxylation is 1. The summed E-state index contributed by atoms with van der Waals surface area (Å²) < 4.78 is 28.3. The largest absolute Gasteiger partial charge is 0.301 e. The summed E-state index contributed by atoms with van der Waals surface area (Å²) in [5.41, 5.74) is 2.04. The van der Waals surface area contributed by atoms with Crippen LogP contribution in [0.15, 0.2) is 51.2 Å². The Morgan fingerprint density at radius 2 is 1.85 bits per heavy atom. The SMILES string of the molecule is CSc1nn2c(C(C)N(C)C)cc(C)nc2c1S(=O)(=O)c1ccccc1. The van der Waals surface area contributed by atoms with E-state index >= 15 is 0 Å². The van der Waals surface area contributed by atoms with Crippen molar-refractivity contribution in [1.29, 1.82) is 0 Å². The van der Waals surface area contributed by atoms with E-state index < -0.39 is 9.84 Å². The predicted octanol–water partition coefficient (Wildman–Crippen LogP) is 3.22. The topological polar surface area (TPSA) is 67.6 Å². The van der Waals surface area contributed by atoms with Gasteiger partial charge in [-0.1, -0.05) is 18.2 Å². The van der Waals surface area contributed by atoms with Crippen molar-refractivity contribution in [2.24, 2.45) is 0 Å². The molecule has 1 unspecified atom stereocenters. The standard InChI is InChI=1S/C18H22N4O2S2/c1-12-11-15(13(2)21(3)4)22-17(19-12)16(18(20-22)25-5)26(23,24)14-9-7-6-8-10-14/h6-11,13H,1-5H3. The lowest BCUT2D eigenvalue weighted by atomic mass is 10.2. The summed E-state index contributed by atoms with van der Waals surface area (Å²) in [5, 5.41) is 5.04. The Hall–Kier alpha value is -1.90. The number of hydrogen-bond acceptors (Lipinski definition) is 6. The van der Waals surface area contributed by atoms with Crippen LogP contribution in [0.25, 0.3) is 5.65 Å². The molecule has 1 aromatic carbocycles. The molecule has 1 atom stereocenters. The Morgan fingerprint density at radius 3 is 2.42 bits per heavy atom. The fraction of sp³-hybridized carbons (Fsp3) is 0.333. The van der Waals surface area contributed by atoms with Crippen LogP contribution in [-0.4, -0.2) is 48.3 Å². The maximum Gasteiger partial charge on any atom is 0.213 e. The van der Waals surface area contributed by atoms with Gasteiger partial charge in [-0.05, 0) is 52.4 Å². The van der Waals surface area contributed by atoms with E-state index in [1.54, 1.807) is 34.8 Å². The third kappa shape index (κ3) is 3.13. The monoisotopic (exact) mass is 390 g/mol. The summed E-state index contributed by atoms with van der Waals surface area (Å²) in [6.45, 7) is 3.93. The highest BCUT2D eigenvalue weighted by Crippen LogP contribution is 2.33. The summed E-state index contributed by atoms with van der Waals surface area (Å²) >= 11 is 1.31. The lowest BCUT2D eigenvalue weighted by Gasteiger charge is -2.21. The molecule has 138 valence electrons. The van der Waals surface area contributed by atoms with Crippen molar-refractivity contribution < 1.29 is 8.42 Å². The highest BCUT2D eigenvalue weighted by molar-refractivity contribution is 7.99. The minimum absolute atomic E-state index is 0.0566. The van der Waals surface area contributed by atoms with E-state index in [1.165, 1.54) is 11.8 Å². The normalized spacial score (nSPS) is 13.5. The molecule has 3 rings (SSSR count). The molecule has 3 aromatic rings. The quantitative estimate of drug-likeness (QED) is 0.623. The average molecular weight is 391 g/mol. The second-order valence-corrected chi connectivity index (χ2v) is 9.03. The van der Waals surface area contributed by atoms with Crippen molar-refractivity contribution in [3.63, 3.8) is 0 Å². The van der Waals surface area contributed by atoms with Gasteiger partial charge in [0.25, 0.3) is 0 Å². The minimum atomic E-state index is -3.72. The van der Waals surface area contributed by atoms with Gasteiger partial charge in [0.1, 0.15) is 5.03 Å². The molecule has 0 bridgehead atoms. The number of fused-ring (bicyclic) bond motifs is 1. The van der Waals surface area contributed by atoms with Gasteiger partial charge < -0.3 is 4.90 Å². The molecule has 6 nitrogen and oxygen atoms in total. The number of rotatable bonds is 5. The van der Waals surface area contributed by atoms with Crippen LogP contribution in [0.3, 0.4) is 0 Å². The summed E-state index contributed by atoms with van der Waals surface area (Å²) in [7, 11) is 0.233. The maximum atomic E-state index is 13.3. The van der Waals surface area contributed by atoms with Crippen molar-refractivity contribution in [2.45, 2.75) is 34.7 Å². The van der Waals surface area contributed by atoms with Crippen molar-refractivity contribution in [3.8, 4) is 0 Å². The van der Waals surface area contributed by atoms with Crippen LogP contribution in [0.2, 0.25) is 0 Å². The van der Waals surface area contributed by atoms with Gasteiger partial charge in [0.05, 0.1) is 10.6 Å². The average Bonchev–Trinajstić information content (AvgIpc) is 3.00. The molecule has 0 aliphatic carbocycles. The number of hydrogen-bond donors (Lipinski definition) is 0. The van der Waals surface area contributed by atoms with E-state index in [0.29, 0.717) is 10.7 Å². The third-order valence-corrected chi connectivity index (χ3v) is 7.00. The van der Waals surface area contributed by atoms with Gasteiger partial charge in [-0.15, -0.1) is 11.8 Å². The van der Waals surface area contributed by atoms with Crippen molar-refractivity contribution in [1.82, 2.24) is 19.5 Å². The Labute approximate surface area is 158 Å². The van der Waals surface area contributed by atoms with Crippen LogP contribution in [0.4, 0.5) is 0 Å². The Kier molecular flexibility index (Phi) is 5.09. The van der Waals surface area contributed by atoms with Crippen LogP contribution < -0.4 is 0 Å². The summed E-state index contributed by atoms with van der Waals surface area (Å²) in [5.74, 6) is 0. The molecule has 0 saturated heterocycles. The van der Waals surface area contributed by atoms with Crippen LogP contribution >= 0.6 is 11.8 Å². The molecule has 0 spiro atoms. The van der Waals surface area contributed by atoms with Gasteiger partial charge >= 0.3 is 0 Å². The molecule has 0 N–H and O–H groups in total. The summed E-state index contributed by atoms with van der Waals surface area (Å²) in [4.78, 5) is 7.00. The highest BCUT2D eigenvalue weighted by Gasteiger charge is 2.30. The van der Waals surface area contributed by atoms with Gasteiger partial charge in [-0.25, -0.2) is 17.9 Å². The third-order valence-electron chi connectivity index (χ3n) is 4.39. The fourth-order valence-corrected chi connectivity index (χ4v) is 5.19. The molecule has 0 saturated carbocycles. The Balaban J connectivity index is 2.37. The van der Waals surface area contributed by atoms with E-state index in [9.17, 15) is 8.42 Å². The zero-order chi connectivity index (χ0) is 19.1. The smallest absolute Gasteiger partial charge is 0.213 e. The fourth-order valence-electron chi connectivity index (χ4n) is 2.78. The number of sulfone groups is 1. The Morgan fingerprint density at radius 1 is 1.19 bits per heavy atom. The van der Waals surface area contributed by atoms with Crippen LogP contribution in [-0.2, 0) is 9.84 Å². The van der Waals surface area contributed by atoms with Gasteiger partial charge in [-0.3, -0.25) is 0 Å². The number of aromatic nitrogens is 3. The number of thioether (sulfide) groups is 1. The zero-order valence-corrected chi connectivity index (χ0v) is 17.1. The molecular formula is C18H22N4O2S2. The van der Waals surface area contributed by atoms with Crippen molar-refractivity contribution >= 4 is 27.2 Å². The lowest BCUT2D eigenvalue weighted by Crippen LogP contribution is -2.20. The first-order chi connectivity index (χ1) is 12.3. The van der Waals surface area contributed by atoms with Crippen LogP contribution in [0, 0.1) is 6.92 Å². The molecule has 26 heavy (non-hydrogen) atoms. The van der Waals surface area contributed by atoms with Gasteiger partial charge in [-0.2, -0.15) is 5.10 Å². The second-order valence-electron chi connectivity index (χ2n) is 6.35. The first-order valence-corrected chi connectivity index (χ1v) is 10.9. The molecule has 0 fully saturated rings. The molecule has 8 heteroatoms. The zero-order valence-electron chi connectivity index (χ0n) is 15.5. The molecule has 2 aromatic heterocycles. The van der Waals surface area contributed by atoms with E-state index in [0.717, 1.165) is 11.4 Å². The molecular weight excluding hydrogens is 368 g/mol. The maximum absolute atomic E-state index is 13.3. The molecule has 0 radical (unpaired) electrons. The number of benzene rings is 1. The van der Waals surface area contributed by atoms with Gasteiger partial charge in [0.15, 0.2) is 10.5 Å². The van der Waals surface area contributed by atoms with E-state index in [-0.39, 0.29) is 15.8 Å². The van der Waals surface area contributed by atoms with Gasteiger partial charge in [0.2, 0.25) is 9.84 Å². The Bertz CT molecular complexity index is 1040. The summed E-state index contributed by atoms with van der Waals surface area (Å²) in [6.07, 6.45) is 1.83. The van der Waals surface area contributed by atoms with Crippen molar-refractivity contribution in [3.05, 3.63) is 47.8 Å². The second kappa shape index (κ2) is 7.02. The van der Waals surface area contributed by atoms with Crippen LogP contribution in [0.5, 0.6) is 0 Å². The van der Waals surface area contributed by atoms with Gasteiger partial charge in [0, 0.05) is 11.7 Å². The molecule has 0 aliphatic rings.